The topological polar surface area (TPSA) is 87.2 Å². The Morgan fingerprint density at radius 3 is 2.58 bits per heavy atom. The first-order chi connectivity index (χ1) is 12.5. The third-order valence-electron chi connectivity index (χ3n) is 5.11. The molecule has 1 atom stereocenters. The second-order valence-corrected chi connectivity index (χ2v) is 8.67. The molecule has 0 amide bonds. The van der Waals surface area contributed by atoms with E-state index >= 15 is 0 Å². The molecule has 1 aromatic heterocycles. The largest absolute Gasteiger partial charge is 0.368 e. The molecule has 0 bridgehead atoms. The molecule has 0 spiro atoms. The molecule has 4 rings (SSSR count). The van der Waals surface area contributed by atoms with Gasteiger partial charge in [0, 0.05) is 24.5 Å². The smallest absolute Gasteiger partial charge is 0.244 e. The van der Waals surface area contributed by atoms with E-state index in [2.05, 4.69) is 24.9 Å². The Kier molecular flexibility index (Phi) is 4.64. The fourth-order valence-electron chi connectivity index (χ4n) is 3.67. The molecule has 26 heavy (non-hydrogen) atoms. The van der Waals surface area contributed by atoms with Crippen molar-refractivity contribution in [3.8, 4) is 0 Å². The molecule has 138 valence electrons. The van der Waals surface area contributed by atoms with Crippen molar-refractivity contribution < 1.29 is 8.42 Å². The highest BCUT2D eigenvalue weighted by atomic mass is 32.2. The average molecular weight is 373 g/mol. The van der Waals surface area contributed by atoms with Gasteiger partial charge in [-0.15, -0.1) is 0 Å². The van der Waals surface area contributed by atoms with Crippen LogP contribution in [0.25, 0.3) is 0 Å². The minimum Gasteiger partial charge on any atom is -0.368 e. The van der Waals surface area contributed by atoms with E-state index in [1.54, 1.807) is 12.1 Å². The summed E-state index contributed by atoms with van der Waals surface area (Å²) in [5.41, 5.74) is 1.80. The van der Waals surface area contributed by atoms with E-state index in [0.29, 0.717) is 10.6 Å². The number of fused-ring (bicyclic) bond motifs is 1. The number of rotatable bonds is 3. The first-order valence-electron chi connectivity index (χ1n) is 8.89. The number of nitrogens with one attached hydrogen (secondary N) is 2. The molecular weight excluding hydrogens is 350 g/mol. The summed E-state index contributed by atoms with van der Waals surface area (Å²) in [7, 11) is -3.45. The first kappa shape index (κ1) is 17.4. The summed E-state index contributed by atoms with van der Waals surface area (Å²) in [6, 6.07) is 7.06. The second-order valence-electron chi connectivity index (χ2n) is 6.99. The summed E-state index contributed by atoms with van der Waals surface area (Å²) in [5.74, 6) is 1.05. The molecule has 1 fully saturated rings. The molecule has 2 N–H and O–H groups in total. The van der Waals surface area contributed by atoms with Crippen LogP contribution in [0.5, 0.6) is 0 Å². The molecular formula is C18H23N5O2S. The molecule has 0 radical (unpaired) electrons. The third kappa shape index (κ3) is 3.58. The Morgan fingerprint density at radius 2 is 1.85 bits per heavy atom. The van der Waals surface area contributed by atoms with Crippen LogP contribution in [-0.2, 0) is 16.6 Å². The maximum absolute atomic E-state index is 12.5. The number of piperidine rings is 1. The molecule has 8 heteroatoms. The van der Waals surface area contributed by atoms with E-state index in [-0.39, 0.29) is 12.1 Å². The van der Waals surface area contributed by atoms with Crippen LogP contribution in [0.15, 0.2) is 41.6 Å². The number of para-hydroxylation sites is 1. The molecule has 1 aromatic carbocycles. The predicted molar refractivity (Wildman–Crippen MR) is 98.9 cm³/mol. The van der Waals surface area contributed by atoms with Crippen molar-refractivity contribution in [3.63, 3.8) is 0 Å². The Morgan fingerprint density at radius 1 is 1.15 bits per heavy atom. The summed E-state index contributed by atoms with van der Waals surface area (Å²) >= 11 is 0. The lowest BCUT2D eigenvalue weighted by molar-refractivity contribution is 0.163. The number of aryl methyl sites for hydroxylation is 1. The third-order valence-corrected chi connectivity index (χ3v) is 6.61. The fourth-order valence-corrected chi connectivity index (χ4v) is 5.05. The predicted octanol–water partition coefficient (Wildman–Crippen LogP) is 1.73. The maximum atomic E-state index is 12.5. The summed E-state index contributed by atoms with van der Waals surface area (Å²) < 4.78 is 27.8. The van der Waals surface area contributed by atoms with Crippen LogP contribution >= 0.6 is 0 Å². The normalized spacial score (nSPS) is 23.2. The number of aromatic nitrogens is 2. The van der Waals surface area contributed by atoms with Gasteiger partial charge in [-0.05, 0) is 50.9 Å². The summed E-state index contributed by atoms with van der Waals surface area (Å²) in [4.78, 5) is 11.2. The van der Waals surface area contributed by atoms with Crippen molar-refractivity contribution in [2.75, 3.05) is 18.4 Å². The first-order valence-corrected chi connectivity index (χ1v) is 10.4. The highest BCUT2D eigenvalue weighted by molar-refractivity contribution is 7.89. The zero-order valence-electron chi connectivity index (χ0n) is 14.7. The van der Waals surface area contributed by atoms with Gasteiger partial charge in [0.05, 0.1) is 11.9 Å². The number of sulfonamides is 1. The van der Waals surface area contributed by atoms with E-state index in [1.807, 2.05) is 31.5 Å². The van der Waals surface area contributed by atoms with E-state index in [9.17, 15) is 8.42 Å². The molecule has 0 saturated carbocycles. The van der Waals surface area contributed by atoms with Gasteiger partial charge in [-0.3, -0.25) is 4.90 Å². The molecule has 3 heterocycles. The lowest BCUT2D eigenvalue weighted by Crippen LogP contribution is -2.51. The minimum atomic E-state index is -3.45. The fraction of sp³-hybridized carbons (Fsp3) is 0.444. The van der Waals surface area contributed by atoms with Gasteiger partial charge in [0.25, 0.3) is 0 Å². The van der Waals surface area contributed by atoms with Crippen molar-refractivity contribution >= 4 is 15.7 Å². The zero-order valence-corrected chi connectivity index (χ0v) is 15.5. The van der Waals surface area contributed by atoms with Crippen LogP contribution in [0.1, 0.15) is 24.2 Å². The average Bonchev–Trinajstić information content (AvgIpc) is 2.64. The maximum Gasteiger partial charge on any atom is 0.244 e. The quantitative estimate of drug-likeness (QED) is 0.852. The number of anilines is 1. The Balaban J connectivity index is 1.39. The van der Waals surface area contributed by atoms with Crippen LogP contribution in [-0.4, -0.2) is 42.5 Å². The summed E-state index contributed by atoms with van der Waals surface area (Å²) in [6.45, 7) is 4.57. The molecule has 2 aliphatic heterocycles. The van der Waals surface area contributed by atoms with Crippen molar-refractivity contribution in [1.82, 2.24) is 19.6 Å². The highest BCUT2D eigenvalue weighted by Crippen LogP contribution is 2.30. The monoisotopic (exact) mass is 373 g/mol. The number of nitrogens with zero attached hydrogens (tertiary/aromatic N) is 3. The standard InChI is InChI=1S/C18H23N5O2S/c1-13-19-10-14(11-20-13)12-23-8-6-15(7-9-23)18-21-16-4-2-3-5-17(16)26(24,25)22-18/h2-5,10-11,15,18,21-22H,6-9,12H2,1H3. The molecule has 1 unspecified atom stereocenters. The van der Waals surface area contributed by atoms with Crippen molar-refractivity contribution in [3.05, 3.63) is 48.0 Å². The number of likely N-dealkylation sites (tertiary alicyclic amines) is 1. The van der Waals surface area contributed by atoms with Gasteiger partial charge >= 0.3 is 0 Å². The number of hydrogen-bond acceptors (Lipinski definition) is 6. The zero-order chi connectivity index (χ0) is 18.1. The molecule has 2 aliphatic rings. The second kappa shape index (κ2) is 6.94. The van der Waals surface area contributed by atoms with Gasteiger partial charge in [0.1, 0.15) is 10.7 Å². The van der Waals surface area contributed by atoms with Crippen LogP contribution in [0.2, 0.25) is 0 Å². The van der Waals surface area contributed by atoms with Crippen LogP contribution in [0, 0.1) is 12.8 Å². The van der Waals surface area contributed by atoms with Gasteiger partial charge in [-0.1, -0.05) is 12.1 Å². The lowest BCUT2D eigenvalue weighted by atomic mass is 9.93. The number of benzene rings is 1. The molecule has 0 aliphatic carbocycles. The highest BCUT2D eigenvalue weighted by Gasteiger charge is 2.35. The van der Waals surface area contributed by atoms with Gasteiger partial charge in [-0.2, -0.15) is 4.72 Å². The van der Waals surface area contributed by atoms with E-state index in [1.165, 1.54) is 0 Å². The summed E-state index contributed by atoms with van der Waals surface area (Å²) in [6.07, 6.45) is 5.38. The van der Waals surface area contributed by atoms with Crippen LogP contribution in [0.4, 0.5) is 5.69 Å². The van der Waals surface area contributed by atoms with Crippen molar-refractivity contribution in [2.24, 2.45) is 5.92 Å². The molecule has 1 saturated heterocycles. The van der Waals surface area contributed by atoms with Gasteiger partial charge in [-0.25, -0.2) is 18.4 Å². The van der Waals surface area contributed by atoms with E-state index in [4.69, 9.17) is 0 Å². The molecule has 7 nitrogen and oxygen atoms in total. The Labute approximate surface area is 153 Å². The van der Waals surface area contributed by atoms with Crippen LogP contribution < -0.4 is 10.0 Å². The SMILES string of the molecule is Cc1ncc(CN2CCC(C3Nc4ccccc4S(=O)(=O)N3)CC2)cn1. The van der Waals surface area contributed by atoms with E-state index in [0.717, 1.165) is 43.9 Å². The van der Waals surface area contributed by atoms with Gasteiger partial charge in [0.2, 0.25) is 10.0 Å². The molecule has 2 aromatic rings. The number of hydrogen-bond donors (Lipinski definition) is 2. The van der Waals surface area contributed by atoms with E-state index < -0.39 is 10.0 Å². The van der Waals surface area contributed by atoms with Crippen molar-refractivity contribution in [2.45, 2.75) is 37.4 Å². The Hall–Kier alpha value is -2.03. The Bertz CT molecular complexity index is 877. The van der Waals surface area contributed by atoms with Gasteiger partial charge < -0.3 is 5.32 Å². The minimum absolute atomic E-state index is 0.250. The lowest BCUT2D eigenvalue weighted by Gasteiger charge is -2.38. The van der Waals surface area contributed by atoms with Crippen LogP contribution in [0.3, 0.4) is 0 Å². The van der Waals surface area contributed by atoms with Crippen molar-refractivity contribution in [1.29, 1.82) is 0 Å². The van der Waals surface area contributed by atoms with Gasteiger partial charge in [0.15, 0.2) is 0 Å². The summed E-state index contributed by atoms with van der Waals surface area (Å²) in [5, 5.41) is 3.36.